The van der Waals surface area contributed by atoms with Crippen molar-refractivity contribution in [2.75, 3.05) is 30.8 Å². The van der Waals surface area contributed by atoms with E-state index >= 15 is 0 Å². The van der Waals surface area contributed by atoms with Crippen molar-refractivity contribution in [1.29, 1.82) is 0 Å². The van der Waals surface area contributed by atoms with E-state index < -0.39 is 10.0 Å². The van der Waals surface area contributed by atoms with Gasteiger partial charge in [0.2, 0.25) is 10.0 Å². The second kappa shape index (κ2) is 5.23. The number of methoxy groups -OCH3 is 1. The lowest BCUT2D eigenvalue weighted by atomic mass is 9.94. The third kappa shape index (κ3) is 3.05. The molecular formula is C13H21N3O3S. The number of ether oxygens (including phenoxy) is 1. The number of hydrogen-bond donors (Lipinski definition) is 2. The van der Waals surface area contributed by atoms with E-state index in [9.17, 15) is 8.42 Å². The molecule has 1 aromatic carbocycles. The molecule has 1 aromatic rings. The Morgan fingerprint density at radius 2 is 2.10 bits per heavy atom. The normalized spacial score (nSPS) is 23.9. The third-order valence-corrected chi connectivity index (χ3v) is 4.80. The molecule has 1 saturated heterocycles. The van der Waals surface area contributed by atoms with Crippen LogP contribution in [0.2, 0.25) is 0 Å². The van der Waals surface area contributed by atoms with E-state index in [4.69, 9.17) is 15.6 Å². The number of nitrogens with two attached hydrogens (primary N) is 2. The molecule has 1 fully saturated rings. The van der Waals surface area contributed by atoms with Crippen molar-refractivity contribution in [3.63, 3.8) is 0 Å². The molecule has 0 aliphatic carbocycles. The van der Waals surface area contributed by atoms with Crippen LogP contribution in [0.3, 0.4) is 0 Å². The van der Waals surface area contributed by atoms with Crippen molar-refractivity contribution >= 4 is 21.4 Å². The van der Waals surface area contributed by atoms with E-state index in [1.54, 1.807) is 19.2 Å². The summed E-state index contributed by atoms with van der Waals surface area (Å²) in [5.74, 6) is 0. The number of sulfonamides is 1. The van der Waals surface area contributed by atoms with Crippen LogP contribution in [-0.4, -0.2) is 34.2 Å². The number of hydrogen-bond acceptors (Lipinski definition) is 5. The van der Waals surface area contributed by atoms with Crippen LogP contribution in [0.5, 0.6) is 0 Å². The Labute approximate surface area is 119 Å². The molecule has 1 unspecified atom stereocenters. The Hall–Kier alpha value is -1.31. The van der Waals surface area contributed by atoms with Gasteiger partial charge in [0, 0.05) is 25.9 Å². The van der Waals surface area contributed by atoms with E-state index in [0.29, 0.717) is 0 Å². The van der Waals surface area contributed by atoms with Crippen LogP contribution in [0.25, 0.3) is 0 Å². The lowest BCUT2D eigenvalue weighted by molar-refractivity contribution is -0.00465. The minimum Gasteiger partial charge on any atom is -0.398 e. The summed E-state index contributed by atoms with van der Waals surface area (Å²) in [5.41, 5.74) is 6.67. The van der Waals surface area contributed by atoms with Gasteiger partial charge >= 0.3 is 0 Å². The number of nitrogen functional groups attached to an aromatic ring is 1. The van der Waals surface area contributed by atoms with Gasteiger partial charge in [0.05, 0.1) is 11.3 Å². The highest BCUT2D eigenvalue weighted by Crippen LogP contribution is 2.30. The van der Waals surface area contributed by atoms with Gasteiger partial charge in [-0.25, -0.2) is 13.6 Å². The molecule has 2 rings (SSSR count). The van der Waals surface area contributed by atoms with Gasteiger partial charge in [-0.2, -0.15) is 0 Å². The summed E-state index contributed by atoms with van der Waals surface area (Å²) in [7, 11) is -2.07. The molecular weight excluding hydrogens is 278 g/mol. The Balaban J connectivity index is 2.28. The average molecular weight is 299 g/mol. The monoisotopic (exact) mass is 299 g/mol. The van der Waals surface area contributed by atoms with Crippen LogP contribution < -0.4 is 15.8 Å². The van der Waals surface area contributed by atoms with Gasteiger partial charge in [-0.15, -0.1) is 0 Å². The zero-order valence-electron chi connectivity index (χ0n) is 11.8. The Bertz CT molecular complexity index is 603. The molecule has 6 nitrogen and oxygen atoms in total. The minimum absolute atomic E-state index is 0.0345. The van der Waals surface area contributed by atoms with E-state index in [-0.39, 0.29) is 16.2 Å². The van der Waals surface area contributed by atoms with Crippen LogP contribution in [0.4, 0.5) is 11.4 Å². The SMILES string of the molecule is COC1(C)CCCN(c2ccc(S(N)(=O)=O)c(N)c2)C1. The number of nitrogens with zero attached hydrogens (tertiary/aromatic N) is 1. The molecule has 0 aromatic heterocycles. The quantitative estimate of drug-likeness (QED) is 0.809. The lowest BCUT2D eigenvalue weighted by Crippen LogP contribution is -2.47. The van der Waals surface area contributed by atoms with Gasteiger partial charge in [0.1, 0.15) is 4.90 Å². The van der Waals surface area contributed by atoms with Gasteiger partial charge in [-0.1, -0.05) is 0 Å². The van der Waals surface area contributed by atoms with Gasteiger partial charge in [0.25, 0.3) is 0 Å². The zero-order valence-corrected chi connectivity index (χ0v) is 12.6. The van der Waals surface area contributed by atoms with Crippen molar-refractivity contribution in [3.8, 4) is 0 Å². The fraction of sp³-hybridized carbons (Fsp3) is 0.538. The van der Waals surface area contributed by atoms with Crippen molar-refractivity contribution in [1.82, 2.24) is 0 Å². The zero-order chi connectivity index (χ0) is 15.0. The Morgan fingerprint density at radius 1 is 1.40 bits per heavy atom. The van der Waals surface area contributed by atoms with Crippen LogP contribution >= 0.6 is 0 Å². The second-order valence-corrected chi connectivity index (χ2v) is 6.98. The largest absolute Gasteiger partial charge is 0.398 e. The van der Waals surface area contributed by atoms with Crippen LogP contribution in [-0.2, 0) is 14.8 Å². The van der Waals surface area contributed by atoms with E-state index in [0.717, 1.165) is 31.6 Å². The van der Waals surface area contributed by atoms with Crippen molar-refractivity contribution < 1.29 is 13.2 Å². The molecule has 1 heterocycles. The van der Waals surface area contributed by atoms with Gasteiger partial charge in [0.15, 0.2) is 0 Å². The Kier molecular flexibility index (Phi) is 3.95. The maximum Gasteiger partial charge on any atom is 0.240 e. The smallest absolute Gasteiger partial charge is 0.240 e. The molecule has 1 aliphatic heterocycles. The van der Waals surface area contributed by atoms with Gasteiger partial charge < -0.3 is 15.4 Å². The first-order chi connectivity index (χ1) is 9.25. The van der Waals surface area contributed by atoms with Crippen LogP contribution in [0.1, 0.15) is 19.8 Å². The number of primary sulfonamides is 1. The predicted octanol–water partition coefficient (Wildman–Crippen LogP) is 0.921. The molecule has 7 heteroatoms. The highest BCUT2D eigenvalue weighted by molar-refractivity contribution is 7.89. The molecule has 0 saturated carbocycles. The topological polar surface area (TPSA) is 98.6 Å². The summed E-state index contributed by atoms with van der Waals surface area (Å²) in [5, 5.41) is 5.11. The fourth-order valence-corrected chi connectivity index (χ4v) is 3.23. The maximum atomic E-state index is 11.4. The summed E-state index contributed by atoms with van der Waals surface area (Å²) < 4.78 is 28.3. The first-order valence-corrected chi connectivity index (χ1v) is 8.02. The number of piperidine rings is 1. The van der Waals surface area contributed by atoms with Gasteiger partial charge in [-0.05, 0) is 38.0 Å². The molecule has 1 atom stereocenters. The van der Waals surface area contributed by atoms with Gasteiger partial charge in [-0.3, -0.25) is 0 Å². The summed E-state index contributed by atoms with van der Waals surface area (Å²) in [6.45, 7) is 3.71. The van der Waals surface area contributed by atoms with Crippen molar-refractivity contribution in [3.05, 3.63) is 18.2 Å². The van der Waals surface area contributed by atoms with E-state index in [2.05, 4.69) is 11.8 Å². The number of anilines is 2. The summed E-state index contributed by atoms with van der Waals surface area (Å²) in [6, 6.07) is 4.84. The predicted molar refractivity (Wildman–Crippen MR) is 79.1 cm³/mol. The fourth-order valence-electron chi connectivity index (χ4n) is 2.58. The molecule has 0 amide bonds. The molecule has 0 bridgehead atoms. The minimum atomic E-state index is -3.78. The van der Waals surface area contributed by atoms with Crippen molar-refractivity contribution in [2.24, 2.45) is 5.14 Å². The summed E-state index contributed by atoms with van der Waals surface area (Å²) in [6.07, 6.45) is 2.02. The second-order valence-electron chi connectivity index (χ2n) is 5.45. The maximum absolute atomic E-state index is 11.4. The summed E-state index contributed by atoms with van der Waals surface area (Å²) in [4.78, 5) is 2.11. The first-order valence-electron chi connectivity index (χ1n) is 6.48. The lowest BCUT2D eigenvalue weighted by Gasteiger charge is -2.40. The standard InChI is InChI=1S/C13H21N3O3S/c1-13(19-2)6-3-7-16(9-13)10-4-5-12(11(14)8-10)20(15,17)18/h4-5,8H,3,6-7,9,14H2,1-2H3,(H2,15,17,18). The van der Waals surface area contributed by atoms with Crippen LogP contribution in [0.15, 0.2) is 23.1 Å². The van der Waals surface area contributed by atoms with E-state index in [1.807, 2.05) is 0 Å². The molecule has 112 valence electrons. The van der Waals surface area contributed by atoms with Crippen LogP contribution in [0, 0.1) is 0 Å². The number of benzene rings is 1. The molecule has 1 aliphatic rings. The highest BCUT2D eigenvalue weighted by atomic mass is 32.2. The first kappa shape index (κ1) is 15.1. The van der Waals surface area contributed by atoms with E-state index in [1.165, 1.54) is 6.07 Å². The Morgan fingerprint density at radius 3 is 2.65 bits per heavy atom. The average Bonchev–Trinajstić information content (AvgIpc) is 2.37. The summed E-state index contributed by atoms with van der Waals surface area (Å²) >= 11 is 0. The number of rotatable bonds is 3. The molecule has 0 radical (unpaired) electrons. The molecule has 0 spiro atoms. The molecule has 20 heavy (non-hydrogen) atoms. The third-order valence-electron chi connectivity index (χ3n) is 3.82. The molecule has 4 N–H and O–H groups in total. The van der Waals surface area contributed by atoms with Crippen molar-refractivity contribution in [2.45, 2.75) is 30.3 Å². The highest BCUT2D eigenvalue weighted by Gasteiger charge is 2.31.